The number of nitrogens with zero attached hydrogens (tertiary/aromatic N) is 2. The Balaban J connectivity index is 2.26. The van der Waals surface area contributed by atoms with E-state index < -0.39 is 0 Å². The van der Waals surface area contributed by atoms with Gasteiger partial charge in [-0.15, -0.1) is 0 Å². The van der Waals surface area contributed by atoms with E-state index in [2.05, 4.69) is 11.1 Å². The van der Waals surface area contributed by atoms with Crippen molar-refractivity contribution < 1.29 is 4.79 Å². The van der Waals surface area contributed by atoms with E-state index in [0.717, 1.165) is 23.2 Å². The minimum absolute atomic E-state index is 0.490. The van der Waals surface area contributed by atoms with Crippen molar-refractivity contribution in [2.75, 3.05) is 0 Å². The SMILES string of the molecule is N#Cc1ccc(-c2cccc(CCC=O)n2)cc1. The topological polar surface area (TPSA) is 53.8 Å². The lowest BCUT2D eigenvalue weighted by Crippen LogP contribution is -1.93. The van der Waals surface area contributed by atoms with Gasteiger partial charge in [-0.1, -0.05) is 18.2 Å². The quantitative estimate of drug-likeness (QED) is 0.767. The number of hydrogen-bond acceptors (Lipinski definition) is 3. The van der Waals surface area contributed by atoms with Crippen molar-refractivity contribution in [2.45, 2.75) is 12.8 Å². The summed E-state index contributed by atoms with van der Waals surface area (Å²) in [6.45, 7) is 0. The van der Waals surface area contributed by atoms with E-state index >= 15 is 0 Å². The molecule has 0 N–H and O–H groups in total. The summed E-state index contributed by atoms with van der Waals surface area (Å²) in [5, 5.41) is 8.74. The Morgan fingerprint density at radius 2 is 1.94 bits per heavy atom. The van der Waals surface area contributed by atoms with Crippen LogP contribution in [0.5, 0.6) is 0 Å². The van der Waals surface area contributed by atoms with Crippen molar-refractivity contribution in [3.8, 4) is 17.3 Å². The first kappa shape index (κ1) is 12.0. The average Bonchev–Trinajstić information content (AvgIpc) is 2.45. The highest BCUT2D eigenvalue weighted by Crippen LogP contribution is 2.18. The monoisotopic (exact) mass is 236 g/mol. The number of carbonyl (C=O) groups excluding carboxylic acids is 1. The van der Waals surface area contributed by atoms with Crippen LogP contribution in [-0.2, 0) is 11.2 Å². The highest BCUT2D eigenvalue weighted by molar-refractivity contribution is 5.60. The van der Waals surface area contributed by atoms with Crippen molar-refractivity contribution in [2.24, 2.45) is 0 Å². The van der Waals surface area contributed by atoms with Crippen molar-refractivity contribution in [3.63, 3.8) is 0 Å². The first-order valence-corrected chi connectivity index (χ1v) is 5.73. The molecule has 0 atom stereocenters. The van der Waals surface area contributed by atoms with E-state index in [-0.39, 0.29) is 0 Å². The number of hydrogen-bond donors (Lipinski definition) is 0. The van der Waals surface area contributed by atoms with Gasteiger partial charge in [0.15, 0.2) is 0 Å². The molecule has 0 spiro atoms. The number of nitriles is 1. The lowest BCUT2D eigenvalue weighted by molar-refractivity contribution is -0.107. The minimum atomic E-state index is 0.490. The van der Waals surface area contributed by atoms with Gasteiger partial charge in [-0.25, -0.2) is 0 Å². The summed E-state index contributed by atoms with van der Waals surface area (Å²) in [5.41, 5.74) is 3.38. The van der Waals surface area contributed by atoms with Gasteiger partial charge in [0.25, 0.3) is 0 Å². The number of pyridine rings is 1. The molecule has 0 aliphatic carbocycles. The molecule has 0 amide bonds. The van der Waals surface area contributed by atoms with E-state index in [0.29, 0.717) is 18.4 Å². The highest BCUT2D eigenvalue weighted by Gasteiger charge is 2.01. The fourth-order valence-electron chi connectivity index (χ4n) is 1.70. The molecule has 0 saturated carbocycles. The molecule has 88 valence electrons. The summed E-state index contributed by atoms with van der Waals surface area (Å²) in [5.74, 6) is 0. The van der Waals surface area contributed by atoms with Crippen LogP contribution in [0.15, 0.2) is 42.5 Å². The van der Waals surface area contributed by atoms with Gasteiger partial charge in [0.1, 0.15) is 6.29 Å². The third kappa shape index (κ3) is 2.80. The second-order valence-corrected chi connectivity index (χ2v) is 3.91. The normalized spacial score (nSPS) is 9.72. The van der Waals surface area contributed by atoms with Crippen LogP contribution in [0.2, 0.25) is 0 Å². The van der Waals surface area contributed by atoms with E-state index in [1.807, 2.05) is 30.3 Å². The van der Waals surface area contributed by atoms with Crippen LogP contribution in [0.1, 0.15) is 17.7 Å². The second kappa shape index (κ2) is 5.74. The molecule has 3 nitrogen and oxygen atoms in total. The van der Waals surface area contributed by atoms with Crippen LogP contribution in [-0.4, -0.2) is 11.3 Å². The molecule has 0 unspecified atom stereocenters. The van der Waals surface area contributed by atoms with Crippen molar-refractivity contribution in [3.05, 3.63) is 53.7 Å². The van der Waals surface area contributed by atoms with Crippen LogP contribution in [0, 0.1) is 11.3 Å². The zero-order valence-corrected chi connectivity index (χ0v) is 9.84. The molecule has 1 aromatic heterocycles. The predicted molar refractivity (Wildman–Crippen MR) is 68.8 cm³/mol. The van der Waals surface area contributed by atoms with Gasteiger partial charge < -0.3 is 4.79 Å². The Bertz CT molecular complexity index is 582. The van der Waals surface area contributed by atoms with Crippen LogP contribution in [0.4, 0.5) is 0 Å². The molecule has 0 aliphatic rings. The zero-order chi connectivity index (χ0) is 12.8. The molecular formula is C15H12N2O. The average molecular weight is 236 g/mol. The molecule has 0 saturated heterocycles. The molecule has 0 fully saturated rings. The smallest absolute Gasteiger partial charge is 0.120 e. The molecular weight excluding hydrogens is 224 g/mol. The largest absolute Gasteiger partial charge is 0.303 e. The van der Waals surface area contributed by atoms with E-state index in [4.69, 9.17) is 5.26 Å². The van der Waals surface area contributed by atoms with E-state index in [9.17, 15) is 4.79 Å². The van der Waals surface area contributed by atoms with Crippen molar-refractivity contribution >= 4 is 6.29 Å². The number of carbonyl (C=O) groups is 1. The molecule has 1 aromatic carbocycles. The van der Waals surface area contributed by atoms with E-state index in [1.165, 1.54) is 0 Å². The molecule has 2 rings (SSSR count). The fourth-order valence-corrected chi connectivity index (χ4v) is 1.70. The summed E-state index contributed by atoms with van der Waals surface area (Å²) in [6, 6.07) is 15.2. The fraction of sp³-hybridized carbons (Fsp3) is 0.133. The highest BCUT2D eigenvalue weighted by atomic mass is 16.1. The molecule has 0 aliphatic heterocycles. The maximum absolute atomic E-state index is 10.3. The Kier molecular flexibility index (Phi) is 3.83. The molecule has 2 aromatic rings. The Morgan fingerprint density at radius 1 is 1.17 bits per heavy atom. The van der Waals surface area contributed by atoms with Gasteiger partial charge in [-0.2, -0.15) is 5.26 Å². The zero-order valence-electron chi connectivity index (χ0n) is 9.84. The summed E-state index contributed by atoms with van der Waals surface area (Å²) in [6.07, 6.45) is 2.05. The first-order valence-electron chi connectivity index (χ1n) is 5.73. The van der Waals surface area contributed by atoms with Gasteiger partial charge in [-0.3, -0.25) is 4.98 Å². The number of aryl methyl sites for hydroxylation is 1. The maximum atomic E-state index is 10.3. The summed E-state index contributed by atoms with van der Waals surface area (Å²) >= 11 is 0. The van der Waals surface area contributed by atoms with Gasteiger partial charge in [0.05, 0.1) is 17.3 Å². The maximum Gasteiger partial charge on any atom is 0.120 e. The van der Waals surface area contributed by atoms with Crippen LogP contribution in [0.25, 0.3) is 11.3 Å². The standard InChI is InChI=1S/C15H12N2O/c16-11-12-6-8-13(9-7-12)15-5-1-3-14(17-15)4-2-10-18/h1,3,5-10H,2,4H2. The first-order chi connectivity index (χ1) is 8.83. The Morgan fingerprint density at radius 3 is 2.61 bits per heavy atom. The second-order valence-electron chi connectivity index (χ2n) is 3.91. The Hall–Kier alpha value is -2.47. The molecule has 18 heavy (non-hydrogen) atoms. The van der Waals surface area contributed by atoms with Gasteiger partial charge >= 0.3 is 0 Å². The minimum Gasteiger partial charge on any atom is -0.303 e. The summed E-state index contributed by atoms with van der Waals surface area (Å²) in [7, 11) is 0. The molecule has 0 bridgehead atoms. The number of aromatic nitrogens is 1. The number of rotatable bonds is 4. The third-order valence-electron chi connectivity index (χ3n) is 2.63. The Labute approximate surface area is 106 Å². The predicted octanol–water partition coefficient (Wildman–Crippen LogP) is 2.75. The van der Waals surface area contributed by atoms with Crippen molar-refractivity contribution in [1.82, 2.24) is 4.98 Å². The van der Waals surface area contributed by atoms with Crippen LogP contribution < -0.4 is 0 Å². The molecule has 3 heteroatoms. The van der Waals surface area contributed by atoms with Gasteiger partial charge in [-0.05, 0) is 30.7 Å². The summed E-state index contributed by atoms with van der Waals surface area (Å²) < 4.78 is 0. The number of benzene rings is 1. The van der Waals surface area contributed by atoms with Gasteiger partial charge in [0, 0.05) is 17.7 Å². The van der Waals surface area contributed by atoms with Crippen LogP contribution in [0.3, 0.4) is 0 Å². The number of aldehydes is 1. The molecule has 0 radical (unpaired) electrons. The lowest BCUT2D eigenvalue weighted by Gasteiger charge is -2.03. The van der Waals surface area contributed by atoms with Gasteiger partial charge in [0.2, 0.25) is 0 Å². The molecule has 1 heterocycles. The van der Waals surface area contributed by atoms with Crippen LogP contribution >= 0.6 is 0 Å². The lowest BCUT2D eigenvalue weighted by atomic mass is 10.1. The van der Waals surface area contributed by atoms with E-state index in [1.54, 1.807) is 12.1 Å². The third-order valence-corrected chi connectivity index (χ3v) is 2.63. The van der Waals surface area contributed by atoms with Crippen molar-refractivity contribution in [1.29, 1.82) is 5.26 Å². The summed E-state index contributed by atoms with van der Waals surface area (Å²) in [4.78, 5) is 14.8.